The number of rotatable bonds is 3. The average molecular weight is 246 g/mol. The highest BCUT2D eigenvalue weighted by atomic mass is 19.1. The second-order valence-electron chi connectivity index (χ2n) is 4.28. The molecule has 94 valence electrons. The second-order valence-corrected chi connectivity index (χ2v) is 4.28. The van der Waals surface area contributed by atoms with Crippen molar-refractivity contribution < 1.29 is 9.18 Å². The molecule has 1 N–H and O–H groups in total. The van der Waals surface area contributed by atoms with Crippen LogP contribution in [0.2, 0.25) is 0 Å². The van der Waals surface area contributed by atoms with Crippen LogP contribution in [0.1, 0.15) is 21.6 Å². The number of nitrogens with zero attached hydrogens (tertiary/aromatic N) is 1. The molecule has 0 fully saturated rings. The van der Waals surface area contributed by atoms with Crippen LogP contribution in [0.4, 0.5) is 4.39 Å². The van der Waals surface area contributed by atoms with E-state index in [1.165, 1.54) is 12.1 Å². The SMILES string of the molecule is Cc1ccc(C(=O)NCc2cccn2C)c(F)c1. The van der Waals surface area contributed by atoms with E-state index < -0.39 is 11.7 Å². The Morgan fingerprint density at radius 3 is 2.78 bits per heavy atom. The van der Waals surface area contributed by atoms with Crippen LogP contribution in [0.15, 0.2) is 36.5 Å². The number of hydrogen-bond donors (Lipinski definition) is 1. The first-order valence-corrected chi connectivity index (χ1v) is 5.72. The van der Waals surface area contributed by atoms with Gasteiger partial charge in [-0.1, -0.05) is 6.07 Å². The van der Waals surface area contributed by atoms with Gasteiger partial charge in [0, 0.05) is 18.9 Å². The van der Waals surface area contributed by atoms with Crippen LogP contribution in [0.3, 0.4) is 0 Å². The summed E-state index contributed by atoms with van der Waals surface area (Å²) in [5.41, 5.74) is 1.84. The molecule has 1 amide bonds. The fourth-order valence-corrected chi connectivity index (χ4v) is 1.75. The summed E-state index contributed by atoms with van der Waals surface area (Å²) in [6, 6.07) is 8.39. The Hall–Kier alpha value is -2.10. The smallest absolute Gasteiger partial charge is 0.254 e. The molecule has 0 aliphatic rings. The van der Waals surface area contributed by atoms with E-state index in [1.54, 1.807) is 13.0 Å². The van der Waals surface area contributed by atoms with E-state index in [2.05, 4.69) is 5.32 Å². The summed E-state index contributed by atoms with van der Waals surface area (Å²) in [5.74, 6) is -0.881. The maximum absolute atomic E-state index is 13.6. The number of nitrogens with one attached hydrogen (secondary N) is 1. The summed E-state index contributed by atoms with van der Waals surface area (Å²) in [5, 5.41) is 2.70. The molecule has 0 aliphatic carbocycles. The molecule has 2 rings (SSSR count). The highest BCUT2D eigenvalue weighted by Crippen LogP contribution is 2.10. The molecule has 2 aromatic rings. The first kappa shape index (κ1) is 12.4. The summed E-state index contributed by atoms with van der Waals surface area (Å²) in [4.78, 5) is 11.8. The zero-order valence-electron chi connectivity index (χ0n) is 10.4. The molecule has 3 nitrogen and oxygen atoms in total. The van der Waals surface area contributed by atoms with E-state index in [1.807, 2.05) is 29.9 Å². The molecule has 0 saturated heterocycles. The van der Waals surface area contributed by atoms with Gasteiger partial charge in [0.15, 0.2) is 0 Å². The summed E-state index contributed by atoms with van der Waals surface area (Å²) in [6.45, 7) is 2.17. The maximum atomic E-state index is 13.6. The first-order valence-electron chi connectivity index (χ1n) is 5.72. The molecule has 0 unspecified atom stereocenters. The lowest BCUT2D eigenvalue weighted by molar-refractivity contribution is 0.0946. The van der Waals surface area contributed by atoms with Crippen LogP contribution in [0, 0.1) is 12.7 Å². The van der Waals surface area contributed by atoms with E-state index in [-0.39, 0.29) is 5.56 Å². The third kappa shape index (κ3) is 2.59. The van der Waals surface area contributed by atoms with Gasteiger partial charge in [-0.25, -0.2) is 4.39 Å². The van der Waals surface area contributed by atoms with Gasteiger partial charge in [-0.3, -0.25) is 4.79 Å². The normalized spacial score (nSPS) is 10.4. The molecule has 1 aromatic carbocycles. The summed E-state index contributed by atoms with van der Waals surface area (Å²) in [7, 11) is 1.90. The minimum atomic E-state index is -0.487. The van der Waals surface area contributed by atoms with Gasteiger partial charge >= 0.3 is 0 Å². The Kier molecular flexibility index (Phi) is 3.46. The number of hydrogen-bond acceptors (Lipinski definition) is 1. The molecule has 0 bridgehead atoms. The van der Waals surface area contributed by atoms with Crippen molar-refractivity contribution in [2.45, 2.75) is 13.5 Å². The minimum Gasteiger partial charge on any atom is -0.353 e. The highest BCUT2D eigenvalue weighted by Gasteiger charge is 2.11. The van der Waals surface area contributed by atoms with Crippen molar-refractivity contribution >= 4 is 5.91 Å². The number of aryl methyl sites for hydroxylation is 2. The Labute approximate surface area is 105 Å². The molecule has 0 spiro atoms. The highest BCUT2D eigenvalue weighted by molar-refractivity contribution is 5.94. The largest absolute Gasteiger partial charge is 0.353 e. The third-order valence-corrected chi connectivity index (χ3v) is 2.85. The van der Waals surface area contributed by atoms with Crippen molar-refractivity contribution in [2.75, 3.05) is 0 Å². The fourth-order valence-electron chi connectivity index (χ4n) is 1.75. The molecule has 0 saturated carbocycles. The summed E-state index contributed by atoms with van der Waals surface area (Å²) in [6.07, 6.45) is 1.90. The van der Waals surface area contributed by atoms with Gasteiger partial charge in [-0.2, -0.15) is 0 Å². The van der Waals surface area contributed by atoms with Crippen LogP contribution >= 0.6 is 0 Å². The van der Waals surface area contributed by atoms with E-state index in [0.717, 1.165) is 11.3 Å². The Morgan fingerprint density at radius 2 is 2.17 bits per heavy atom. The minimum absolute atomic E-state index is 0.0785. The van der Waals surface area contributed by atoms with Crippen LogP contribution in [-0.4, -0.2) is 10.5 Å². The molecule has 1 heterocycles. The average Bonchev–Trinajstić information content (AvgIpc) is 2.72. The van der Waals surface area contributed by atoms with Gasteiger partial charge in [0.25, 0.3) is 5.91 Å². The Balaban J connectivity index is 2.06. The molecule has 4 heteroatoms. The van der Waals surface area contributed by atoms with Crippen molar-refractivity contribution in [3.05, 3.63) is 59.2 Å². The summed E-state index contributed by atoms with van der Waals surface area (Å²) >= 11 is 0. The van der Waals surface area contributed by atoms with Gasteiger partial charge in [0.2, 0.25) is 0 Å². The van der Waals surface area contributed by atoms with Crippen molar-refractivity contribution in [3.63, 3.8) is 0 Å². The summed E-state index contributed by atoms with van der Waals surface area (Å²) < 4.78 is 15.5. The van der Waals surface area contributed by atoms with Crippen molar-refractivity contribution in [3.8, 4) is 0 Å². The van der Waals surface area contributed by atoms with E-state index >= 15 is 0 Å². The van der Waals surface area contributed by atoms with Crippen LogP contribution in [-0.2, 0) is 13.6 Å². The van der Waals surface area contributed by atoms with Gasteiger partial charge in [0.05, 0.1) is 12.1 Å². The lowest BCUT2D eigenvalue weighted by atomic mass is 10.1. The van der Waals surface area contributed by atoms with E-state index in [0.29, 0.717) is 6.54 Å². The maximum Gasteiger partial charge on any atom is 0.254 e. The lowest BCUT2D eigenvalue weighted by Crippen LogP contribution is -2.24. The second kappa shape index (κ2) is 5.04. The first-order chi connectivity index (χ1) is 8.58. The van der Waals surface area contributed by atoms with Crippen molar-refractivity contribution in [2.24, 2.45) is 7.05 Å². The van der Waals surface area contributed by atoms with Crippen LogP contribution in [0.25, 0.3) is 0 Å². The quantitative estimate of drug-likeness (QED) is 0.886. The number of amides is 1. The fraction of sp³-hybridized carbons (Fsp3) is 0.214. The number of aromatic nitrogens is 1. The standard InChI is InChI=1S/C14H15FN2O/c1-10-5-6-12(13(15)8-10)14(18)16-9-11-4-3-7-17(11)2/h3-8H,9H2,1-2H3,(H,16,18). The Bertz CT molecular complexity index is 575. The van der Waals surface area contributed by atoms with Gasteiger partial charge in [0.1, 0.15) is 5.82 Å². The van der Waals surface area contributed by atoms with Gasteiger partial charge in [-0.05, 0) is 36.8 Å². The monoisotopic (exact) mass is 246 g/mol. The number of halogens is 1. The number of carbonyl (C=O) groups excluding carboxylic acids is 1. The number of benzene rings is 1. The molecule has 18 heavy (non-hydrogen) atoms. The van der Waals surface area contributed by atoms with Crippen molar-refractivity contribution in [1.29, 1.82) is 0 Å². The predicted molar refractivity (Wildman–Crippen MR) is 67.7 cm³/mol. The van der Waals surface area contributed by atoms with Crippen molar-refractivity contribution in [1.82, 2.24) is 9.88 Å². The molecule has 0 atom stereocenters. The molecule has 1 aromatic heterocycles. The van der Waals surface area contributed by atoms with Gasteiger partial charge in [-0.15, -0.1) is 0 Å². The van der Waals surface area contributed by atoms with Gasteiger partial charge < -0.3 is 9.88 Å². The molecular formula is C14H15FN2O. The van der Waals surface area contributed by atoms with Crippen LogP contribution in [0.5, 0.6) is 0 Å². The zero-order chi connectivity index (χ0) is 13.1. The van der Waals surface area contributed by atoms with E-state index in [9.17, 15) is 9.18 Å². The Morgan fingerprint density at radius 1 is 1.39 bits per heavy atom. The zero-order valence-corrected chi connectivity index (χ0v) is 10.4. The third-order valence-electron chi connectivity index (χ3n) is 2.85. The molecule has 0 radical (unpaired) electrons. The van der Waals surface area contributed by atoms with E-state index in [4.69, 9.17) is 0 Å². The van der Waals surface area contributed by atoms with Crippen LogP contribution < -0.4 is 5.32 Å². The number of carbonyl (C=O) groups is 1. The molecular weight excluding hydrogens is 231 g/mol. The topological polar surface area (TPSA) is 34.0 Å². The molecule has 0 aliphatic heterocycles. The predicted octanol–water partition coefficient (Wildman–Crippen LogP) is 2.40. The lowest BCUT2D eigenvalue weighted by Gasteiger charge is -2.07.